The lowest BCUT2D eigenvalue weighted by atomic mass is 9.81. The molecule has 0 radical (unpaired) electrons. The van der Waals surface area contributed by atoms with Gasteiger partial charge in [0.2, 0.25) is 5.91 Å². The van der Waals surface area contributed by atoms with Crippen molar-refractivity contribution in [2.24, 2.45) is 40.3 Å². The van der Waals surface area contributed by atoms with E-state index in [2.05, 4.69) is 10.6 Å². The molecule has 0 aromatic heterocycles. The Balaban J connectivity index is 1.31. The molecule has 0 bridgehead atoms. The lowest BCUT2D eigenvalue weighted by Crippen LogP contribution is -2.67. The van der Waals surface area contributed by atoms with Crippen molar-refractivity contribution >= 4 is 5.91 Å². The summed E-state index contributed by atoms with van der Waals surface area (Å²) < 4.78 is 36.1. The van der Waals surface area contributed by atoms with Crippen LogP contribution in [0, 0.1) is 5.92 Å². The number of aliphatic hydroxyl groups excluding tert-OH is 6. The minimum Gasteiger partial charge on any atom is -0.394 e. The number of hydrogen-bond donors (Lipinski definition) is 14. The molecular weight excluding hydrogens is 704 g/mol. The second-order valence-electron chi connectivity index (χ2n) is 14.7. The number of ether oxygens (including phenoxy) is 6. The highest BCUT2D eigenvalue weighted by molar-refractivity contribution is 5.80. The monoisotopic (exact) mass is 764 g/mol. The van der Waals surface area contributed by atoms with E-state index in [1.54, 1.807) is 6.08 Å². The van der Waals surface area contributed by atoms with Crippen molar-refractivity contribution in [1.82, 2.24) is 10.6 Å². The van der Waals surface area contributed by atoms with Crippen LogP contribution in [0.3, 0.4) is 0 Å². The van der Waals surface area contributed by atoms with Crippen LogP contribution in [0.1, 0.15) is 25.7 Å². The van der Waals surface area contributed by atoms with Crippen molar-refractivity contribution in [3.63, 3.8) is 0 Å². The van der Waals surface area contributed by atoms with Crippen molar-refractivity contribution in [1.29, 1.82) is 0 Å². The Bertz CT molecular complexity index is 1190. The Kier molecular flexibility index (Phi) is 15.3. The largest absolute Gasteiger partial charge is 0.394 e. The van der Waals surface area contributed by atoms with Crippen LogP contribution in [-0.4, -0.2) is 186 Å². The van der Waals surface area contributed by atoms with Crippen LogP contribution in [0.4, 0.5) is 0 Å². The number of nitrogens with two attached hydrogens (primary N) is 6. The zero-order chi connectivity index (χ0) is 38.6. The van der Waals surface area contributed by atoms with Gasteiger partial charge in [-0.25, -0.2) is 0 Å². The van der Waals surface area contributed by atoms with Crippen LogP contribution in [0.5, 0.6) is 0 Å². The lowest BCUT2D eigenvalue weighted by Gasteiger charge is -2.46. The molecule has 0 unspecified atom stereocenters. The number of carbonyl (C=O) groups excluding carboxylic acids is 1. The van der Waals surface area contributed by atoms with Crippen molar-refractivity contribution < 1.29 is 63.9 Å². The molecule has 4 fully saturated rings. The molecule has 0 aromatic rings. The molecule has 18 atom stereocenters. The van der Waals surface area contributed by atoms with Crippen LogP contribution >= 0.6 is 0 Å². The summed E-state index contributed by atoms with van der Waals surface area (Å²) in [6.45, 7) is 0.442. The van der Waals surface area contributed by atoms with E-state index in [0.717, 1.165) is 19.4 Å². The highest BCUT2D eigenvalue weighted by Gasteiger charge is 2.54. The third-order valence-corrected chi connectivity index (χ3v) is 10.6. The third-order valence-electron chi connectivity index (χ3n) is 10.6. The molecule has 5 rings (SSSR count). The van der Waals surface area contributed by atoms with Gasteiger partial charge in [-0.15, -0.1) is 0 Å². The standard InChI is InChI=1S/C32H60N8O13/c33-4-3-18(42)29(47)40-17-7-16(37)26(51-30-15(36)2-1-14(48-30)10-39-9-12-5-13(35)6-12)28(22(17)43)53-32-25(46)27(20(11-41)50-32)52-31-21(38)24(45)23(44)19(8-34)49-31/h1-2,12-28,30-32,39,41-46H,3-11,33-38H2,(H,40,47)/t12?,13?,14-,15+,16-,17+,18-,19-,20+,21+,22-,23+,24+,25+,26+,27+,28+,30+,31+,32-/m0/s1. The Morgan fingerprint density at radius 3 is 2.13 bits per heavy atom. The second-order valence-corrected chi connectivity index (χ2v) is 14.7. The predicted molar refractivity (Wildman–Crippen MR) is 184 cm³/mol. The van der Waals surface area contributed by atoms with E-state index in [-0.39, 0.29) is 32.0 Å². The van der Waals surface area contributed by atoms with Gasteiger partial charge < -0.3 is 104 Å². The average molecular weight is 765 g/mol. The summed E-state index contributed by atoms with van der Waals surface area (Å²) in [5.74, 6) is -0.293. The molecule has 53 heavy (non-hydrogen) atoms. The summed E-state index contributed by atoms with van der Waals surface area (Å²) in [6, 6.07) is -3.74. The SMILES string of the molecule is NCC[C@H](O)C(=O)N[C@@H]1C[C@H](N)[C@@H](O[C@H]2O[C@H](CNCC3CC(N)C3)C=C[C@H]2N)[C@H](O[C@@H]2O[C@H](CO)[C@@H](O[C@H]3O[C@@H](CN)[C@@H](O)[C@H](O)[C@H]3N)[C@H]2O)[C@H]1O. The summed E-state index contributed by atoms with van der Waals surface area (Å²) in [5.41, 5.74) is 36.1. The molecule has 20 N–H and O–H groups in total. The molecule has 5 aliphatic rings. The number of carbonyl (C=O) groups is 1. The van der Waals surface area contributed by atoms with Gasteiger partial charge in [0.05, 0.1) is 30.8 Å². The van der Waals surface area contributed by atoms with Gasteiger partial charge in [-0.3, -0.25) is 4.79 Å². The maximum absolute atomic E-state index is 12.8. The fraction of sp³-hybridized carbons (Fsp3) is 0.906. The molecule has 3 aliphatic heterocycles. The zero-order valence-electron chi connectivity index (χ0n) is 29.6. The Hall–Kier alpha value is -1.55. The smallest absolute Gasteiger partial charge is 0.249 e. The van der Waals surface area contributed by atoms with Crippen LogP contribution in [0.25, 0.3) is 0 Å². The minimum absolute atomic E-state index is 0.0223. The Morgan fingerprint density at radius 2 is 1.47 bits per heavy atom. The molecule has 2 saturated heterocycles. The van der Waals surface area contributed by atoms with Gasteiger partial charge in [0.25, 0.3) is 0 Å². The van der Waals surface area contributed by atoms with Crippen molar-refractivity contribution in [3.05, 3.63) is 12.2 Å². The van der Waals surface area contributed by atoms with Crippen LogP contribution in [0.2, 0.25) is 0 Å². The van der Waals surface area contributed by atoms with E-state index in [4.69, 9.17) is 62.8 Å². The van der Waals surface area contributed by atoms with Crippen LogP contribution in [0.15, 0.2) is 12.2 Å². The van der Waals surface area contributed by atoms with Gasteiger partial charge in [-0.1, -0.05) is 12.2 Å². The summed E-state index contributed by atoms with van der Waals surface area (Å²) in [7, 11) is 0. The number of amides is 1. The summed E-state index contributed by atoms with van der Waals surface area (Å²) >= 11 is 0. The van der Waals surface area contributed by atoms with Gasteiger partial charge in [0, 0.05) is 25.2 Å². The molecule has 2 saturated carbocycles. The molecule has 1 amide bonds. The van der Waals surface area contributed by atoms with Gasteiger partial charge >= 0.3 is 0 Å². The average Bonchev–Trinajstić information content (AvgIpc) is 3.41. The molecule has 0 aromatic carbocycles. The fourth-order valence-corrected chi connectivity index (χ4v) is 7.42. The first-order valence-corrected chi connectivity index (χ1v) is 18.3. The molecule has 0 spiro atoms. The highest BCUT2D eigenvalue weighted by atomic mass is 16.8. The van der Waals surface area contributed by atoms with E-state index in [1.165, 1.54) is 0 Å². The van der Waals surface area contributed by atoms with E-state index in [9.17, 15) is 35.4 Å². The molecule has 3 heterocycles. The highest BCUT2D eigenvalue weighted by Crippen LogP contribution is 2.34. The van der Waals surface area contributed by atoms with Crippen molar-refractivity contribution in [3.8, 4) is 0 Å². The Labute approximate surface area is 307 Å². The first-order valence-electron chi connectivity index (χ1n) is 18.3. The number of nitrogens with one attached hydrogen (secondary N) is 2. The van der Waals surface area contributed by atoms with Gasteiger partial charge in [-0.05, 0) is 44.7 Å². The summed E-state index contributed by atoms with van der Waals surface area (Å²) in [5, 5.41) is 70.2. The van der Waals surface area contributed by atoms with Crippen LogP contribution in [-0.2, 0) is 33.2 Å². The Morgan fingerprint density at radius 1 is 0.792 bits per heavy atom. The summed E-state index contributed by atoms with van der Waals surface area (Å²) in [4.78, 5) is 12.8. The van der Waals surface area contributed by atoms with Gasteiger partial charge in [-0.2, -0.15) is 0 Å². The van der Waals surface area contributed by atoms with Crippen molar-refractivity contribution in [2.75, 3.05) is 32.8 Å². The second kappa shape index (κ2) is 19.1. The maximum Gasteiger partial charge on any atom is 0.249 e. The van der Waals surface area contributed by atoms with Gasteiger partial charge in [0.1, 0.15) is 61.0 Å². The molecule has 21 nitrogen and oxygen atoms in total. The van der Waals surface area contributed by atoms with Gasteiger partial charge in [0.15, 0.2) is 18.9 Å². The minimum atomic E-state index is -1.65. The number of aliphatic hydroxyl groups is 6. The van der Waals surface area contributed by atoms with E-state index in [0.29, 0.717) is 12.5 Å². The number of hydrogen-bond acceptors (Lipinski definition) is 20. The fourth-order valence-electron chi connectivity index (χ4n) is 7.42. The lowest BCUT2D eigenvalue weighted by molar-refractivity contribution is -0.284. The van der Waals surface area contributed by atoms with E-state index < -0.39 is 123 Å². The predicted octanol–water partition coefficient (Wildman–Crippen LogP) is -7.83. The molecule has 21 heteroatoms. The number of rotatable bonds is 16. The van der Waals surface area contributed by atoms with E-state index in [1.807, 2.05) is 6.08 Å². The molecule has 2 aliphatic carbocycles. The van der Waals surface area contributed by atoms with Crippen LogP contribution < -0.4 is 45.0 Å². The van der Waals surface area contributed by atoms with Crippen molar-refractivity contribution in [2.45, 2.75) is 142 Å². The molecular formula is C32H60N8O13. The quantitative estimate of drug-likeness (QED) is 0.0649. The first-order chi connectivity index (χ1) is 25.3. The topological polar surface area (TPSA) is 374 Å². The third kappa shape index (κ3) is 10.1. The normalized spacial score (nSPS) is 46.5. The molecule has 306 valence electrons. The first kappa shape index (κ1) is 42.6. The summed E-state index contributed by atoms with van der Waals surface area (Å²) in [6.07, 6.45) is -12.7. The maximum atomic E-state index is 12.8. The zero-order valence-corrected chi connectivity index (χ0v) is 29.6. The van der Waals surface area contributed by atoms with E-state index >= 15 is 0 Å².